The average Bonchev–Trinajstić information content (AvgIpc) is 3.08. The number of esters is 1. The van der Waals surface area contributed by atoms with Crippen LogP contribution in [0.1, 0.15) is 35.5 Å². The Morgan fingerprint density at radius 1 is 1.39 bits per heavy atom. The van der Waals surface area contributed by atoms with Gasteiger partial charge in [-0.1, -0.05) is 12.1 Å². The van der Waals surface area contributed by atoms with Gasteiger partial charge in [0.05, 0.1) is 29.3 Å². The highest BCUT2D eigenvalue weighted by molar-refractivity contribution is 6.22. The first-order valence-corrected chi connectivity index (χ1v) is 9.19. The number of aryl methyl sites for hydroxylation is 1. The van der Waals surface area contributed by atoms with Crippen molar-refractivity contribution in [3.05, 3.63) is 35.0 Å². The van der Waals surface area contributed by atoms with E-state index in [1.54, 1.807) is 19.9 Å². The third-order valence-corrected chi connectivity index (χ3v) is 4.96. The van der Waals surface area contributed by atoms with Crippen LogP contribution in [0.5, 0.6) is 5.75 Å². The highest BCUT2D eigenvalue weighted by atomic mass is 35.5. The van der Waals surface area contributed by atoms with E-state index in [0.29, 0.717) is 35.4 Å². The van der Waals surface area contributed by atoms with Crippen molar-refractivity contribution in [2.24, 2.45) is 0 Å². The number of fused-ring (bicyclic) bond motifs is 1. The van der Waals surface area contributed by atoms with E-state index in [2.05, 4.69) is 10.3 Å². The van der Waals surface area contributed by atoms with Gasteiger partial charge in [-0.2, -0.15) is 13.2 Å². The van der Waals surface area contributed by atoms with Crippen LogP contribution in [0.3, 0.4) is 0 Å². The maximum Gasteiger partial charge on any atom is 0.418 e. The molecule has 1 N–H and O–H groups in total. The molecule has 0 spiro atoms. The average molecular weight is 417 g/mol. The van der Waals surface area contributed by atoms with Crippen LogP contribution in [0, 0.1) is 6.92 Å². The van der Waals surface area contributed by atoms with E-state index < -0.39 is 23.2 Å². The third kappa shape index (κ3) is 3.89. The van der Waals surface area contributed by atoms with Gasteiger partial charge in [-0.05, 0) is 19.9 Å². The Morgan fingerprint density at radius 3 is 2.71 bits per heavy atom. The van der Waals surface area contributed by atoms with Crippen LogP contribution < -0.4 is 10.1 Å². The number of carbonyl (C=O) groups excluding carboxylic acids is 1. The van der Waals surface area contributed by atoms with Crippen molar-refractivity contribution in [3.8, 4) is 5.75 Å². The maximum absolute atomic E-state index is 13.4. The molecule has 0 bridgehead atoms. The van der Waals surface area contributed by atoms with Gasteiger partial charge in [0, 0.05) is 23.9 Å². The first-order chi connectivity index (χ1) is 13.1. The number of para-hydroxylation sites is 1. The van der Waals surface area contributed by atoms with Gasteiger partial charge in [0.25, 0.3) is 0 Å². The van der Waals surface area contributed by atoms with E-state index in [1.165, 1.54) is 13.2 Å². The molecule has 3 atom stereocenters. The van der Waals surface area contributed by atoms with Gasteiger partial charge in [0.1, 0.15) is 17.9 Å². The number of pyridine rings is 1. The molecule has 3 unspecified atom stereocenters. The summed E-state index contributed by atoms with van der Waals surface area (Å²) in [5, 5.41) is 2.71. The van der Waals surface area contributed by atoms with Crippen LogP contribution in [-0.2, 0) is 15.7 Å². The molecule has 1 aliphatic heterocycles. The summed E-state index contributed by atoms with van der Waals surface area (Å²) in [6, 6.07) is 3.40. The molecule has 9 heteroatoms. The van der Waals surface area contributed by atoms with Crippen molar-refractivity contribution in [3.63, 3.8) is 0 Å². The lowest BCUT2D eigenvalue weighted by Gasteiger charge is -2.22. The fourth-order valence-corrected chi connectivity index (χ4v) is 3.69. The third-order valence-electron chi connectivity index (χ3n) is 4.74. The highest BCUT2D eigenvalue weighted by Crippen LogP contribution is 2.42. The largest absolute Gasteiger partial charge is 0.487 e. The maximum atomic E-state index is 13.4. The molecule has 1 aliphatic rings. The van der Waals surface area contributed by atoms with Crippen molar-refractivity contribution in [1.29, 1.82) is 0 Å². The van der Waals surface area contributed by atoms with E-state index in [9.17, 15) is 18.0 Å². The summed E-state index contributed by atoms with van der Waals surface area (Å²) in [5.41, 5.74) is -0.198. The minimum atomic E-state index is -4.53. The first-order valence-electron chi connectivity index (χ1n) is 8.75. The van der Waals surface area contributed by atoms with Gasteiger partial charge in [-0.25, -0.2) is 4.98 Å². The summed E-state index contributed by atoms with van der Waals surface area (Å²) in [4.78, 5) is 15.9. The molecular weight excluding hydrogens is 397 g/mol. The van der Waals surface area contributed by atoms with E-state index in [1.807, 2.05) is 0 Å². The fraction of sp³-hybridized carbons (Fsp3) is 0.474. The molecule has 1 aromatic carbocycles. The van der Waals surface area contributed by atoms with Gasteiger partial charge in [-0.3, -0.25) is 4.79 Å². The quantitative estimate of drug-likeness (QED) is 0.599. The van der Waals surface area contributed by atoms with E-state index in [-0.39, 0.29) is 17.6 Å². The molecule has 2 heterocycles. The number of hydrogen-bond acceptors (Lipinski definition) is 5. The predicted molar refractivity (Wildman–Crippen MR) is 98.6 cm³/mol. The summed E-state index contributed by atoms with van der Waals surface area (Å²) >= 11 is 6.33. The van der Waals surface area contributed by atoms with Crippen LogP contribution in [0.2, 0.25) is 0 Å². The topological polar surface area (TPSA) is 60.5 Å². The Labute approximate surface area is 165 Å². The first kappa shape index (κ1) is 20.7. The van der Waals surface area contributed by atoms with Gasteiger partial charge < -0.3 is 14.8 Å². The number of halogens is 4. The number of nitrogens with zero attached hydrogens (tertiary/aromatic N) is 1. The molecule has 3 rings (SSSR count). The zero-order valence-electron chi connectivity index (χ0n) is 15.6. The van der Waals surface area contributed by atoms with Crippen LogP contribution >= 0.6 is 11.6 Å². The number of methoxy groups -OCH3 is 1. The Kier molecular flexibility index (Phi) is 5.72. The molecule has 0 aliphatic carbocycles. The lowest BCUT2D eigenvalue weighted by molar-refractivity contribution is -0.142. The van der Waals surface area contributed by atoms with Crippen molar-refractivity contribution in [2.75, 3.05) is 13.7 Å². The second kappa shape index (κ2) is 7.75. The van der Waals surface area contributed by atoms with E-state index in [4.69, 9.17) is 21.1 Å². The molecule has 0 radical (unpaired) electrons. The van der Waals surface area contributed by atoms with Crippen molar-refractivity contribution in [1.82, 2.24) is 10.3 Å². The van der Waals surface area contributed by atoms with E-state index >= 15 is 0 Å². The van der Waals surface area contributed by atoms with Crippen molar-refractivity contribution in [2.45, 2.75) is 44.0 Å². The number of nitrogens with one attached hydrogen (secondary N) is 1. The monoisotopic (exact) mass is 416 g/mol. The molecule has 2 aromatic rings. The number of carbonyl (C=O) groups is 1. The van der Waals surface area contributed by atoms with Crippen LogP contribution in [0.15, 0.2) is 18.2 Å². The second-order valence-electron chi connectivity index (χ2n) is 6.72. The predicted octanol–water partition coefficient (Wildman–Crippen LogP) is 4.14. The normalized spacial score (nSPS) is 21.0. The van der Waals surface area contributed by atoms with Crippen molar-refractivity contribution < 1.29 is 27.4 Å². The number of benzene rings is 1. The molecule has 1 saturated heterocycles. The smallest absolute Gasteiger partial charge is 0.418 e. The Bertz CT molecular complexity index is 902. The minimum Gasteiger partial charge on any atom is -0.487 e. The standard InChI is InChI=1S/C19H20ClF3N2O3/c1-9(20)15-12-5-4-6-13(19(21,22)23)16(12)25-10(2)17(15)28-11-7-14(24-8-11)18(26)27-3/h4-6,9,11,14,24H,7-8H2,1-3H3. The molecule has 0 saturated carbocycles. The number of rotatable bonds is 4. The fourth-order valence-electron chi connectivity index (χ4n) is 3.47. The molecule has 5 nitrogen and oxygen atoms in total. The summed E-state index contributed by atoms with van der Waals surface area (Å²) in [7, 11) is 1.31. The summed E-state index contributed by atoms with van der Waals surface area (Å²) in [6.45, 7) is 3.66. The number of aromatic nitrogens is 1. The number of ether oxygens (including phenoxy) is 2. The summed E-state index contributed by atoms with van der Waals surface area (Å²) in [5.74, 6) is -0.0353. The molecular formula is C19H20ClF3N2O3. The van der Waals surface area contributed by atoms with Gasteiger partial charge in [0.15, 0.2) is 0 Å². The minimum absolute atomic E-state index is 0.153. The lowest BCUT2D eigenvalue weighted by atomic mass is 10.0. The Hall–Kier alpha value is -2.06. The van der Waals surface area contributed by atoms with Crippen LogP contribution in [0.4, 0.5) is 13.2 Å². The van der Waals surface area contributed by atoms with E-state index in [0.717, 1.165) is 6.07 Å². The summed E-state index contributed by atoms with van der Waals surface area (Å²) in [6.07, 6.45) is -4.51. The van der Waals surface area contributed by atoms with Crippen LogP contribution in [0.25, 0.3) is 10.9 Å². The zero-order valence-corrected chi connectivity index (χ0v) is 16.3. The number of alkyl halides is 4. The van der Waals surface area contributed by atoms with Gasteiger partial charge in [-0.15, -0.1) is 11.6 Å². The highest BCUT2D eigenvalue weighted by Gasteiger charge is 2.36. The van der Waals surface area contributed by atoms with Gasteiger partial charge >= 0.3 is 12.1 Å². The zero-order chi connectivity index (χ0) is 20.6. The van der Waals surface area contributed by atoms with Crippen molar-refractivity contribution >= 4 is 28.5 Å². The Morgan fingerprint density at radius 2 is 2.11 bits per heavy atom. The second-order valence-corrected chi connectivity index (χ2v) is 7.37. The Balaban J connectivity index is 2.05. The number of hydrogen-bond donors (Lipinski definition) is 1. The molecule has 28 heavy (non-hydrogen) atoms. The SMILES string of the molecule is COC(=O)C1CC(Oc2c(C)nc3c(C(F)(F)F)cccc3c2C(C)Cl)CN1. The molecule has 0 amide bonds. The van der Waals surface area contributed by atoms with Gasteiger partial charge in [0.2, 0.25) is 0 Å². The molecule has 1 fully saturated rings. The lowest BCUT2D eigenvalue weighted by Crippen LogP contribution is -2.31. The molecule has 152 valence electrons. The molecule has 1 aromatic heterocycles. The summed E-state index contributed by atoms with van der Waals surface area (Å²) < 4.78 is 51.0. The van der Waals surface area contributed by atoms with Crippen LogP contribution in [-0.4, -0.2) is 36.8 Å².